The van der Waals surface area contributed by atoms with Gasteiger partial charge in [0.2, 0.25) is 0 Å². The second kappa shape index (κ2) is 8.06. The van der Waals surface area contributed by atoms with E-state index in [1.807, 2.05) is 42.5 Å². The van der Waals surface area contributed by atoms with Crippen LogP contribution in [-0.4, -0.2) is 11.9 Å². The average Bonchev–Trinajstić information content (AvgIpc) is 2.45. The van der Waals surface area contributed by atoms with E-state index in [4.69, 9.17) is 16.3 Å². The number of hydrogen-bond acceptors (Lipinski definition) is 1. The molecule has 0 fully saturated rings. The van der Waals surface area contributed by atoms with Gasteiger partial charge in [-0.3, -0.25) is 0 Å². The molecule has 4 heteroatoms. The Kier molecular flexibility index (Phi) is 6.40. The molecule has 1 unspecified atom stereocenters. The van der Waals surface area contributed by atoms with E-state index in [0.29, 0.717) is 12.5 Å². The standard InChI is InChI=1S/C16H15Br2ClO/c17-11-12(15-6-1-2-7-16(15)19)8-9-20-14-5-3-4-13(18)10-14/h1-7,10,12H,8-9,11H2. The third-order valence-corrected chi connectivity index (χ3v) is 4.68. The lowest BCUT2D eigenvalue weighted by molar-refractivity contribution is 0.301. The molecule has 0 N–H and O–H groups in total. The SMILES string of the molecule is Clc1ccccc1C(CBr)CCOc1cccc(Br)c1. The van der Waals surface area contributed by atoms with Gasteiger partial charge in [-0.25, -0.2) is 0 Å². The molecule has 0 spiro atoms. The fourth-order valence-electron chi connectivity index (χ4n) is 2.00. The van der Waals surface area contributed by atoms with E-state index in [9.17, 15) is 0 Å². The Bertz CT molecular complexity index is 560. The van der Waals surface area contributed by atoms with Crippen LogP contribution in [0.2, 0.25) is 5.02 Å². The van der Waals surface area contributed by atoms with E-state index in [0.717, 1.165) is 27.0 Å². The van der Waals surface area contributed by atoms with Crippen LogP contribution in [0.5, 0.6) is 5.75 Å². The lowest BCUT2D eigenvalue weighted by atomic mass is 9.98. The first kappa shape index (κ1) is 15.9. The zero-order valence-corrected chi connectivity index (χ0v) is 14.8. The number of ether oxygens (including phenoxy) is 1. The van der Waals surface area contributed by atoms with E-state index < -0.39 is 0 Å². The molecule has 106 valence electrons. The average molecular weight is 419 g/mol. The number of halogens is 3. The van der Waals surface area contributed by atoms with Crippen LogP contribution in [0.1, 0.15) is 17.9 Å². The minimum Gasteiger partial charge on any atom is -0.494 e. The molecule has 0 saturated heterocycles. The number of rotatable bonds is 6. The summed E-state index contributed by atoms with van der Waals surface area (Å²) in [5.41, 5.74) is 1.17. The van der Waals surface area contributed by atoms with Crippen molar-refractivity contribution in [2.24, 2.45) is 0 Å². The molecule has 0 saturated carbocycles. The largest absolute Gasteiger partial charge is 0.494 e. The van der Waals surface area contributed by atoms with Crippen molar-refractivity contribution in [3.63, 3.8) is 0 Å². The summed E-state index contributed by atoms with van der Waals surface area (Å²) in [6.07, 6.45) is 0.918. The van der Waals surface area contributed by atoms with Crippen molar-refractivity contribution < 1.29 is 4.74 Å². The van der Waals surface area contributed by atoms with Gasteiger partial charge in [0.25, 0.3) is 0 Å². The Hall–Kier alpha value is -0.510. The van der Waals surface area contributed by atoms with Crippen LogP contribution in [-0.2, 0) is 0 Å². The third kappa shape index (κ3) is 4.51. The van der Waals surface area contributed by atoms with Gasteiger partial charge in [0.15, 0.2) is 0 Å². The van der Waals surface area contributed by atoms with Crippen molar-refractivity contribution in [1.82, 2.24) is 0 Å². The molecule has 20 heavy (non-hydrogen) atoms. The number of hydrogen-bond donors (Lipinski definition) is 0. The summed E-state index contributed by atoms with van der Waals surface area (Å²) in [5.74, 6) is 1.24. The summed E-state index contributed by atoms with van der Waals surface area (Å²) in [4.78, 5) is 0. The normalized spacial score (nSPS) is 12.2. The Labute approximate surface area is 141 Å². The monoisotopic (exact) mass is 416 g/mol. The maximum Gasteiger partial charge on any atom is 0.120 e. The molecule has 0 aliphatic carbocycles. The summed E-state index contributed by atoms with van der Waals surface area (Å²) < 4.78 is 6.81. The molecule has 0 aliphatic heterocycles. The smallest absolute Gasteiger partial charge is 0.120 e. The molecule has 2 rings (SSSR count). The minimum atomic E-state index is 0.357. The summed E-state index contributed by atoms with van der Waals surface area (Å²) in [6.45, 7) is 0.665. The first-order valence-electron chi connectivity index (χ1n) is 6.39. The molecular weight excluding hydrogens is 403 g/mol. The second-order valence-electron chi connectivity index (χ2n) is 4.47. The van der Waals surface area contributed by atoms with Crippen molar-refractivity contribution in [3.05, 3.63) is 63.6 Å². The maximum absolute atomic E-state index is 6.25. The van der Waals surface area contributed by atoms with Crippen LogP contribution in [0.25, 0.3) is 0 Å². The van der Waals surface area contributed by atoms with Crippen LogP contribution in [0.4, 0.5) is 0 Å². The lowest BCUT2D eigenvalue weighted by Gasteiger charge is -2.16. The molecule has 0 radical (unpaired) electrons. The maximum atomic E-state index is 6.25. The van der Waals surface area contributed by atoms with E-state index >= 15 is 0 Å². The van der Waals surface area contributed by atoms with Gasteiger partial charge < -0.3 is 4.74 Å². The van der Waals surface area contributed by atoms with Gasteiger partial charge in [-0.15, -0.1) is 0 Å². The third-order valence-electron chi connectivity index (χ3n) is 3.06. The van der Waals surface area contributed by atoms with Gasteiger partial charge in [0.05, 0.1) is 6.61 Å². The van der Waals surface area contributed by atoms with Gasteiger partial charge in [0, 0.05) is 14.8 Å². The summed E-state index contributed by atoms with van der Waals surface area (Å²) in [7, 11) is 0. The molecule has 1 nitrogen and oxygen atoms in total. The molecule has 0 bridgehead atoms. The lowest BCUT2D eigenvalue weighted by Crippen LogP contribution is -2.07. The fraction of sp³-hybridized carbons (Fsp3) is 0.250. The highest BCUT2D eigenvalue weighted by atomic mass is 79.9. The van der Waals surface area contributed by atoms with Gasteiger partial charge in [-0.2, -0.15) is 0 Å². The van der Waals surface area contributed by atoms with Crippen LogP contribution in [0.15, 0.2) is 53.0 Å². The second-order valence-corrected chi connectivity index (χ2v) is 6.44. The fourth-order valence-corrected chi connectivity index (χ4v) is 3.34. The molecular formula is C16H15Br2ClO. The first-order chi connectivity index (χ1) is 9.70. The van der Waals surface area contributed by atoms with Crippen molar-refractivity contribution in [2.45, 2.75) is 12.3 Å². The van der Waals surface area contributed by atoms with Crippen LogP contribution in [0.3, 0.4) is 0 Å². The summed E-state index contributed by atoms with van der Waals surface area (Å²) in [5, 5.41) is 1.69. The quantitative estimate of drug-likeness (QED) is 0.519. The number of benzene rings is 2. The molecule has 0 aliphatic rings. The van der Waals surface area contributed by atoms with Gasteiger partial charge in [-0.1, -0.05) is 67.7 Å². The summed E-state index contributed by atoms with van der Waals surface area (Å²) >= 11 is 13.2. The molecule has 2 aromatic rings. The minimum absolute atomic E-state index is 0.357. The molecule has 0 amide bonds. The highest BCUT2D eigenvalue weighted by Crippen LogP contribution is 2.29. The zero-order chi connectivity index (χ0) is 14.4. The predicted octanol–water partition coefficient (Wildman–Crippen LogP) is 6.05. The Morgan fingerprint density at radius 3 is 2.60 bits per heavy atom. The Balaban J connectivity index is 1.93. The van der Waals surface area contributed by atoms with Crippen molar-refractivity contribution in [3.8, 4) is 5.75 Å². The molecule has 1 atom stereocenters. The molecule has 0 aromatic heterocycles. The topological polar surface area (TPSA) is 9.23 Å². The highest BCUT2D eigenvalue weighted by Gasteiger charge is 2.13. The first-order valence-corrected chi connectivity index (χ1v) is 8.68. The predicted molar refractivity (Wildman–Crippen MR) is 92.2 cm³/mol. The van der Waals surface area contributed by atoms with Gasteiger partial charge in [-0.05, 0) is 42.2 Å². The van der Waals surface area contributed by atoms with E-state index in [1.165, 1.54) is 5.56 Å². The van der Waals surface area contributed by atoms with E-state index in [-0.39, 0.29) is 0 Å². The summed E-state index contributed by atoms with van der Waals surface area (Å²) in [6, 6.07) is 15.9. The van der Waals surface area contributed by atoms with E-state index in [2.05, 4.69) is 37.9 Å². The highest BCUT2D eigenvalue weighted by molar-refractivity contribution is 9.10. The Morgan fingerprint density at radius 1 is 1.10 bits per heavy atom. The molecule has 2 aromatic carbocycles. The van der Waals surface area contributed by atoms with Gasteiger partial charge >= 0.3 is 0 Å². The van der Waals surface area contributed by atoms with Crippen LogP contribution >= 0.6 is 43.5 Å². The van der Waals surface area contributed by atoms with Gasteiger partial charge in [0.1, 0.15) is 5.75 Å². The van der Waals surface area contributed by atoms with Crippen molar-refractivity contribution >= 4 is 43.5 Å². The van der Waals surface area contributed by atoms with Crippen molar-refractivity contribution in [1.29, 1.82) is 0 Å². The van der Waals surface area contributed by atoms with Crippen LogP contribution in [0, 0.1) is 0 Å². The Morgan fingerprint density at radius 2 is 1.90 bits per heavy atom. The van der Waals surface area contributed by atoms with Crippen LogP contribution < -0.4 is 4.74 Å². The van der Waals surface area contributed by atoms with E-state index in [1.54, 1.807) is 0 Å². The number of alkyl halides is 1. The zero-order valence-electron chi connectivity index (χ0n) is 10.9. The van der Waals surface area contributed by atoms with Crippen molar-refractivity contribution in [2.75, 3.05) is 11.9 Å². The molecule has 0 heterocycles.